The number of nitrogens with one attached hydrogen (secondary N) is 1. The summed E-state index contributed by atoms with van der Waals surface area (Å²) >= 11 is 1.62. The maximum Gasteiger partial charge on any atom is 0.270 e. The third-order valence-electron chi connectivity index (χ3n) is 5.81. The highest BCUT2D eigenvalue weighted by molar-refractivity contribution is 7.09. The summed E-state index contributed by atoms with van der Waals surface area (Å²) in [5.74, 6) is 1.03. The second kappa shape index (κ2) is 9.43. The third-order valence-corrected chi connectivity index (χ3v) is 6.67. The Bertz CT molecular complexity index is 777. The second-order valence-corrected chi connectivity index (χ2v) is 8.77. The molecule has 6 heteroatoms. The molecule has 5 nitrogen and oxygen atoms in total. The average Bonchev–Trinajstić information content (AvgIpc) is 3.28. The predicted molar refractivity (Wildman–Crippen MR) is 112 cm³/mol. The first-order chi connectivity index (χ1) is 13.8. The minimum absolute atomic E-state index is 0.0523. The zero-order valence-corrected chi connectivity index (χ0v) is 17.0. The van der Waals surface area contributed by atoms with E-state index in [0.717, 1.165) is 30.4 Å². The Labute approximate surface area is 170 Å². The third kappa shape index (κ3) is 4.86. The van der Waals surface area contributed by atoms with E-state index in [1.54, 1.807) is 23.6 Å². The molecular formula is C22H28N4OS. The Morgan fingerprint density at radius 2 is 2.21 bits per heavy atom. The molecule has 0 spiro atoms. The first kappa shape index (κ1) is 19.3. The number of aromatic nitrogens is 2. The van der Waals surface area contributed by atoms with Crippen LogP contribution in [0.5, 0.6) is 0 Å². The van der Waals surface area contributed by atoms with E-state index in [4.69, 9.17) is 0 Å². The van der Waals surface area contributed by atoms with E-state index >= 15 is 0 Å². The van der Waals surface area contributed by atoms with Crippen molar-refractivity contribution in [3.63, 3.8) is 0 Å². The van der Waals surface area contributed by atoms with Crippen molar-refractivity contribution in [2.75, 3.05) is 19.6 Å². The lowest BCUT2D eigenvalue weighted by Crippen LogP contribution is -2.44. The molecule has 0 bridgehead atoms. The fourth-order valence-corrected chi connectivity index (χ4v) is 5.18. The van der Waals surface area contributed by atoms with Crippen LogP contribution in [0.25, 0.3) is 0 Å². The molecule has 1 aliphatic heterocycles. The number of pyridine rings is 1. The molecule has 2 aromatic heterocycles. The SMILES string of the molecule is O=C(N[C@H](c1nccs1)[C@H]1CCCN(C[C@@H]2CC=CCC2)C1)c1ccccn1. The molecule has 1 saturated heterocycles. The molecule has 2 aliphatic rings. The minimum atomic E-state index is -0.115. The largest absolute Gasteiger partial charge is 0.341 e. The van der Waals surface area contributed by atoms with Gasteiger partial charge in [0.2, 0.25) is 0 Å². The van der Waals surface area contributed by atoms with Gasteiger partial charge in [-0.15, -0.1) is 11.3 Å². The maximum atomic E-state index is 12.8. The van der Waals surface area contributed by atoms with Gasteiger partial charge in [0.1, 0.15) is 10.7 Å². The van der Waals surface area contributed by atoms with Crippen molar-refractivity contribution in [2.45, 2.75) is 38.1 Å². The van der Waals surface area contributed by atoms with Gasteiger partial charge in [-0.1, -0.05) is 18.2 Å². The molecular weight excluding hydrogens is 368 g/mol. The van der Waals surface area contributed by atoms with Gasteiger partial charge in [0.05, 0.1) is 6.04 Å². The fourth-order valence-electron chi connectivity index (χ4n) is 4.40. The van der Waals surface area contributed by atoms with Crippen LogP contribution in [0, 0.1) is 11.8 Å². The zero-order chi connectivity index (χ0) is 19.2. The number of nitrogens with zero attached hydrogens (tertiary/aromatic N) is 3. The highest BCUT2D eigenvalue weighted by atomic mass is 32.1. The Morgan fingerprint density at radius 3 is 2.96 bits per heavy atom. The molecule has 0 radical (unpaired) electrons. The lowest BCUT2D eigenvalue weighted by atomic mass is 9.88. The van der Waals surface area contributed by atoms with Gasteiger partial charge in [0.25, 0.3) is 5.91 Å². The van der Waals surface area contributed by atoms with E-state index in [-0.39, 0.29) is 11.9 Å². The molecule has 0 saturated carbocycles. The van der Waals surface area contributed by atoms with Gasteiger partial charge in [-0.3, -0.25) is 9.78 Å². The van der Waals surface area contributed by atoms with Gasteiger partial charge in [-0.25, -0.2) is 4.98 Å². The maximum absolute atomic E-state index is 12.8. The van der Waals surface area contributed by atoms with Crippen molar-refractivity contribution in [3.05, 3.63) is 58.8 Å². The number of amides is 1. The topological polar surface area (TPSA) is 58.1 Å². The van der Waals surface area contributed by atoms with Gasteiger partial charge in [-0.05, 0) is 62.6 Å². The van der Waals surface area contributed by atoms with Crippen LogP contribution in [-0.4, -0.2) is 40.4 Å². The summed E-state index contributed by atoms with van der Waals surface area (Å²) in [6.07, 6.45) is 14.1. The van der Waals surface area contributed by atoms with E-state index in [9.17, 15) is 4.79 Å². The van der Waals surface area contributed by atoms with Crippen LogP contribution in [0.15, 0.2) is 48.1 Å². The molecule has 2 aromatic rings. The lowest BCUT2D eigenvalue weighted by Gasteiger charge is -2.38. The Kier molecular flexibility index (Phi) is 6.49. The first-order valence-corrected chi connectivity index (χ1v) is 11.2. The number of carbonyl (C=O) groups excluding carboxylic acids is 1. The summed E-state index contributed by atoms with van der Waals surface area (Å²) in [5.41, 5.74) is 0.464. The summed E-state index contributed by atoms with van der Waals surface area (Å²) in [4.78, 5) is 24.1. The van der Waals surface area contributed by atoms with Gasteiger partial charge in [0, 0.05) is 30.9 Å². The average molecular weight is 397 g/mol. The minimum Gasteiger partial charge on any atom is -0.341 e. The summed E-state index contributed by atoms with van der Waals surface area (Å²) in [7, 11) is 0. The van der Waals surface area contributed by atoms with Gasteiger partial charge in [0.15, 0.2) is 0 Å². The number of hydrogen-bond acceptors (Lipinski definition) is 5. The fraction of sp³-hybridized carbons (Fsp3) is 0.500. The lowest BCUT2D eigenvalue weighted by molar-refractivity contribution is 0.0862. The van der Waals surface area contributed by atoms with E-state index in [0.29, 0.717) is 11.6 Å². The van der Waals surface area contributed by atoms with Crippen LogP contribution >= 0.6 is 11.3 Å². The highest BCUT2D eigenvalue weighted by Gasteiger charge is 2.32. The van der Waals surface area contributed by atoms with Crippen molar-refractivity contribution < 1.29 is 4.79 Å². The molecule has 3 atom stereocenters. The van der Waals surface area contributed by atoms with Crippen molar-refractivity contribution in [3.8, 4) is 0 Å². The van der Waals surface area contributed by atoms with Gasteiger partial charge in [-0.2, -0.15) is 0 Å². The number of hydrogen-bond donors (Lipinski definition) is 1. The van der Waals surface area contributed by atoms with Crippen molar-refractivity contribution in [1.82, 2.24) is 20.2 Å². The quantitative estimate of drug-likeness (QED) is 0.748. The van der Waals surface area contributed by atoms with Crippen molar-refractivity contribution >= 4 is 17.2 Å². The van der Waals surface area contributed by atoms with Crippen LogP contribution in [0.4, 0.5) is 0 Å². The van der Waals surface area contributed by atoms with E-state index < -0.39 is 0 Å². The highest BCUT2D eigenvalue weighted by Crippen LogP contribution is 2.32. The predicted octanol–water partition coefficient (Wildman–Crippen LogP) is 4.08. The zero-order valence-electron chi connectivity index (χ0n) is 16.2. The number of piperidine rings is 1. The molecule has 1 aliphatic carbocycles. The van der Waals surface area contributed by atoms with Crippen LogP contribution in [0.3, 0.4) is 0 Å². The molecule has 148 valence electrons. The summed E-state index contributed by atoms with van der Waals surface area (Å²) in [5, 5.41) is 6.23. The first-order valence-electron chi connectivity index (χ1n) is 10.3. The molecule has 0 unspecified atom stereocenters. The summed E-state index contributed by atoms with van der Waals surface area (Å²) in [6.45, 7) is 3.35. The number of rotatable bonds is 6. The Balaban J connectivity index is 1.45. The van der Waals surface area contributed by atoms with Crippen LogP contribution in [0.2, 0.25) is 0 Å². The number of carbonyl (C=O) groups is 1. The number of thiazole rings is 1. The second-order valence-electron chi connectivity index (χ2n) is 7.85. The summed E-state index contributed by atoms with van der Waals surface area (Å²) in [6, 6.07) is 5.39. The molecule has 1 fully saturated rings. The Morgan fingerprint density at radius 1 is 1.25 bits per heavy atom. The Hall–Kier alpha value is -2.05. The van der Waals surface area contributed by atoms with Crippen LogP contribution < -0.4 is 5.32 Å². The van der Waals surface area contributed by atoms with E-state index in [1.807, 2.05) is 23.7 Å². The van der Waals surface area contributed by atoms with Crippen LogP contribution in [0.1, 0.15) is 53.6 Å². The van der Waals surface area contributed by atoms with E-state index in [2.05, 4.69) is 32.3 Å². The molecule has 0 aromatic carbocycles. The standard InChI is InChI=1S/C22H28N4OS/c27-21(19-10-4-5-11-23-19)25-20(22-24-12-14-28-22)18-9-6-13-26(16-18)15-17-7-2-1-3-8-17/h1-2,4-5,10-12,14,17-18,20H,3,6-9,13,15-16H2,(H,25,27)/t17-,18+,20+/m1/s1. The van der Waals surface area contributed by atoms with Crippen LogP contribution in [-0.2, 0) is 0 Å². The molecule has 1 amide bonds. The van der Waals surface area contributed by atoms with Gasteiger partial charge < -0.3 is 10.2 Å². The molecule has 1 N–H and O–H groups in total. The summed E-state index contributed by atoms with van der Waals surface area (Å²) < 4.78 is 0. The molecule has 4 rings (SSSR count). The number of likely N-dealkylation sites (tertiary alicyclic amines) is 1. The molecule has 3 heterocycles. The normalized spacial score (nSPS) is 24.0. The van der Waals surface area contributed by atoms with Crippen molar-refractivity contribution in [1.29, 1.82) is 0 Å². The van der Waals surface area contributed by atoms with Gasteiger partial charge >= 0.3 is 0 Å². The van der Waals surface area contributed by atoms with E-state index in [1.165, 1.54) is 32.2 Å². The smallest absolute Gasteiger partial charge is 0.270 e. The monoisotopic (exact) mass is 396 g/mol. The molecule has 28 heavy (non-hydrogen) atoms. The number of allylic oxidation sites excluding steroid dienone is 2. The van der Waals surface area contributed by atoms with Crippen molar-refractivity contribution in [2.24, 2.45) is 11.8 Å².